The maximum Gasteiger partial charge on any atom is 0.134 e. The van der Waals surface area contributed by atoms with E-state index in [1.165, 1.54) is 12.1 Å². The van der Waals surface area contributed by atoms with Crippen molar-refractivity contribution in [3.8, 4) is 0 Å². The normalized spacial score (nSPS) is 12.6. The average Bonchev–Trinajstić information content (AvgIpc) is 2.86. The summed E-state index contributed by atoms with van der Waals surface area (Å²) >= 11 is 9.40. The van der Waals surface area contributed by atoms with E-state index < -0.39 is 0 Å². The highest BCUT2D eigenvalue weighted by Gasteiger charge is 2.15. The fraction of sp³-hybridized carbons (Fsp3) is 0.125. The number of anilines is 1. The van der Waals surface area contributed by atoms with Crippen LogP contribution in [-0.4, -0.2) is 0 Å². The van der Waals surface area contributed by atoms with E-state index in [-0.39, 0.29) is 11.9 Å². The van der Waals surface area contributed by atoms with Crippen LogP contribution in [0.2, 0.25) is 5.02 Å². The second-order valence-corrected chi connectivity index (χ2v) is 6.06. The molecular weight excluding hydrogens is 357 g/mol. The van der Waals surface area contributed by atoms with Gasteiger partial charge in [-0.15, -0.1) is 0 Å². The van der Waals surface area contributed by atoms with Crippen LogP contribution in [0.3, 0.4) is 0 Å². The SMILES string of the molecule is CC(Nc1c(Cl)cc(F)cc1Br)c1cc2ccccc2o1. The molecule has 0 spiro atoms. The molecule has 0 aliphatic heterocycles. The van der Waals surface area contributed by atoms with Crippen LogP contribution in [0.5, 0.6) is 0 Å². The third kappa shape index (κ3) is 2.92. The number of fused-ring (bicyclic) bond motifs is 1. The third-order valence-corrected chi connectivity index (χ3v) is 4.16. The van der Waals surface area contributed by atoms with Gasteiger partial charge in [0, 0.05) is 9.86 Å². The Bertz CT molecular complexity index is 746. The lowest BCUT2D eigenvalue weighted by atomic mass is 10.2. The van der Waals surface area contributed by atoms with Crippen molar-refractivity contribution in [2.45, 2.75) is 13.0 Å². The molecule has 108 valence electrons. The van der Waals surface area contributed by atoms with Crippen molar-refractivity contribution in [2.75, 3.05) is 5.32 Å². The number of hydrogen-bond donors (Lipinski definition) is 1. The molecule has 2 aromatic carbocycles. The second-order valence-electron chi connectivity index (χ2n) is 4.80. The molecule has 0 aliphatic carbocycles. The Balaban J connectivity index is 1.91. The fourth-order valence-corrected chi connectivity index (χ4v) is 3.10. The first kappa shape index (κ1) is 14.4. The zero-order valence-electron chi connectivity index (χ0n) is 11.2. The number of furan rings is 1. The van der Waals surface area contributed by atoms with Gasteiger partial charge in [-0.3, -0.25) is 0 Å². The summed E-state index contributed by atoms with van der Waals surface area (Å²) in [5, 5.41) is 4.61. The molecule has 0 saturated carbocycles. The molecule has 21 heavy (non-hydrogen) atoms. The average molecular weight is 369 g/mol. The monoisotopic (exact) mass is 367 g/mol. The van der Waals surface area contributed by atoms with Crippen LogP contribution in [0.4, 0.5) is 10.1 Å². The lowest BCUT2D eigenvalue weighted by Gasteiger charge is -2.15. The van der Waals surface area contributed by atoms with Gasteiger partial charge in [-0.1, -0.05) is 29.8 Å². The minimum Gasteiger partial charge on any atom is -0.459 e. The van der Waals surface area contributed by atoms with Gasteiger partial charge in [-0.05, 0) is 47.1 Å². The molecule has 0 fully saturated rings. The Hall–Kier alpha value is -1.52. The number of nitrogens with one attached hydrogen (secondary N) is 1. The van der Waals surface area contributed by atoms with Crippen molar-refractivity contribution >= 4 is 44.2 Å². The summed E-state index contributed by atoms with van der Waals surface area (Å²) in [6.07, 6.45) is 0. The third-order valence-electron chi connectivity index (χ3n) is 3.24. The van der Waals surface area contributed by atoms with E-state index in [0.29, 0.717) is 15.2 Å². The van der Waals surface area contributed by atoms with Gasteiger partial charge < -0.3 is 9.73 Å². The number of benzene rings is 2. The van der Waals surface area contributed by atoms with Crippen molar-refractivity contribution < 1.29 is 8.81 Å². The first-order chi connectivity index (χ1) is 10.0. The van der Waals surface area contributed by atoms with E-state index in [0.717, 1.165) is 16.7 Å². The molecule has 2 nitrogen and oxygen atoms in total. The predicted molar refractivity (Wildman–Crippen MR) is 87.4 cm³/mol. The van der Waals surface area contributed by atoms with E-state index in [1.807, 2.05) is 37.3 Å². The Morgan fingerprint density at radius 1 is 1.24 bits per heavy atom. The zero-order valence-corrected chi connectivity index (χ0v) is 13.5. The molecule has 0 bridgehead atoms. The lowest BCUT2D eigenvalue weighted by molar-refractivity contribution is 0.526. The minimum absolute atomic E-state index is 0.100. The van der Waals surface area contributed by atoms with Crippen LogP contribution in [0.1, 0.15) is 18.7 Å². The van der Waals surface area contributed by atoms with Crippen molar-refractivity contribution in [1.82, 2.24) is 0 Å². The molecule has 3 rings (SSSR count). The van der Waals surface area contributed by atoms with Gasteiger partial charge in [0.25, 0.3) is 0 Å². The molecule has 3 aromatic rings. The molecule has 5 heteroatoms. The Morgan fingerprint density at radius 2 is 2.00 bits per heavy atom. The number of rotatable bonds is 3. The molecule has 1 N–H and O–H groups in total. The highest BCUT2D eigenvalue weighted by Crippen LogP contribution is 2.35. The van der Waals surface area contributed by atoms with Crippen molar-refractivity contribution in [2.24, 2.45) is 0 Å². The number of para-hydroxylation sites is 1. The summed E-state index contributed by atoms with van der Waals surface area (Å²) in [4.78, 5) is 0. The molecule has 1 unspecified atom stereocenters. The number of halogens is 3. The lowest BCUT2D eigenvalue weighted by Crippen LogP contribution is -2.06. The predicted octanol–water partition coefficient (Wildman–Crippen LogP) is 6.16. The van der Waals surface area contributed by atoms with E-state index in [4.69, 9.17) is 16.0 Å². The summed E-state index contributed by atoms with van der Waals surface area (Å²) in [6, 6.07) is 12.4. The minimum atomic E-state index is -0.381. The molecule has 1 atom stereocenters. The molecule has 0 saturated heterocycles. The summed E-state index contributed by atoms with van der Waals surface area (Å²) in [7, 11) is 0. The van der Waals surface area contributed by atoms with Crippen LogP contribution in [0.15, 0.2) is 51.4 Å². The Labute approximate surface area is 135 Å². The summed E-state index contributed by atoms with van der Waals surface area (Å²) in [6.45, 7) is 1.96. The van der Waals surface area contributed by atoms with Crippen LogP contribution in [-0.2, 0) is 0 Å². The van der Waals surface area contributed by atoms with Crippen molar-refractivity contribution in [3.63, 3.8) is 0 Å². The highest BCUT2D eigenvalue weighted by atomic mass is 79.9. The fourth-order valence-electron chi connectivity index (χ4n) is 2.18. The summed E-state index contributed by atoms with van der Waals surface area (Å²) in [5.41, 5.74) is 1.48. The van der Waals surface area contributed by atoms with Crippen LogP contribution in [0, 0.1) is 5.82 Å². The zero-order chi connectivity index (χ0) is 15.0. The number of hydrogen-bond acceptors (Lipinski definition) is 2. The topological polar surface area (TPSA) is 25.2 Å². The molecule has 0 amide bonds. The second kappa shape index (κ2) is 5.70. The first-order valence-corrected chi connectivity index (χ1v) is 7.61. The van der Waals surface area contributed by atoms with Crippen LogP contribution < -0.4 is 5.32 Å². The van der Waals surface area contributed by atoms with Crippen LogP contribution >= 0.6 is 27.5 Å². The van der Waals surface area contributed by atoms with E-state index in [1.54, 1.807) is 0 Å². The Morgan fingerprint density at radius 3 is 2.71 bits per heavy atom. The van der Waals surface area contributed by atoms with E-state index in [2.05, 4.69) is 21.2 Å². The quantitative estimate of drug-likeness (QED) is 0.599. The van der Waals surface area contributed by atoms with E-state index >= 15 is 0 Å². The van der Waals surface area contributed by atoms with Gasteiger partial charge in [0.05, 0.1) is 16.8 Å². The molecule has 0 radical (unpaired) electrons. The molecule has 1 aromatic heterocycles. The molecule has 1 heterocycles. The van der Waals surface area contributed by atoms with Crippen LogP contribution in [0.25, 0.3) is 11.0 Å². The van der Waals surface area contributed by atoms with Gasteiger partial charge in [0.1, 0.15) is 17.2 Å². The molecule has 0 aliphatic rings. The van der Waals surface area contributed by atoms with Crippen molar-refractivity contribution in [1.29, 1.82) is 0 Å². The van der Waals surface area contributed by atoms with Gasteiger partial charge in [-0.2, -0.15) is 0 Å². The molecular formula is C16H12BrClFNO. The van der Waals surface area contributed by atoms with Gasteiger partial charge >= 0.3 is 0 Å². The first-order valence-electron chi connectivity index (χ1n) is 6.44. The van der Waals surface area contributed by atoms with Crippen molar-refractivity contribution in [3.05, 3.63) is 63.5 Å². The van der Waals surface area contributed by atoms with E-state index in [9.17, 15) is 4.39 Å². The maximum atomic E-state index is 13.2. The standard InChI is InChI=1S/C16H12BrClFNO/c1-9(15-6-10-4-2-3-5-14(10)21-15)20-16-12(17)7-11(19)8-13(16)18/h2-9,20H,1H3. The van der Waals surface area contributed by atoms with Gasteiger partial charge in [0.15, 0.2) is 0 Å². The smallest absolute Gasteiger partial charge is 0.134 e. The maximum absolute atomic E-state index is 13.2. The van der Waals surface area contributed by atoms with Gasteiger partial charge in [0.2, 0.25) is 0 Å². The summed E-state index contributed by atoms with van der Waals surface area (Å²) < 4.78 is 19.6. The summed E-state index contributed by atoms with van der Waals surface area (Å²) in [5.74, 6) is 0.414. The highest BCUT2D eigenvalue weighted by molar-refractivity contribution is 9.10. The van der Waals surface area contributed by atoms with Gasteiger partial charge in [-0.25, -0.2) is 4.39 Å². The Kier molecular flexibility index (Phi) is 3.91. The largest absolute Gasteiger partial charge is 0.459 e.